The Labute approximate surface area is 96.2 Å². The number of hydrogen-bond acceptors (Lipinski definition) is 2. The Morgan fingerprint density at radius 3 is 2.47 bits per heavy atom. The van der Waals surface area contributed by atoms with E-state index in [1.807, 2.05) is 19.4 Å². The second-order valence-corrected chi connectivity index (χ2v) is 4.57. The van der Waals surface area contributed by atoms with Crippen LogP contribution >= 0.6 is 11.3 Å². The minimum Gasteiger partial charge on any atom is -0.245 e. The van der Waals surface area contributed by atoms with Crippen molar-refractivity contribution in [3.63, 3.8) is 0 Å². The fourth-order valence-corrected chi connectivity index (χ4v) is 2.40. The molecule has 0 spiro atoms. The molecule has 82 valence electrons. The van der Waals surface area contributed by atoms with Crippen LogP contribution in [0.15, 0.2) is 17.6 Å². The summed E-state index contributed by atoms with van der Waals surface area (Å²) in [7, 11) is 0. The monoisotopic (exact) mass is 221 g/mol. The number of hydrogen-bond donors (Lipinski definition) is 0. The average Bonchev–Trinajstić information content (AvgIpc) is 2.66. The summed E-state index contributed by atoms with van der Waals surface area (Å²) >= 11 is 1.71. The average molecular weight is 221 g/mol. The lowest BCUT2D eigenvalue weighted by molar-refractivity contribution is 0.858. The molecule has 15 heavy (non-hydrogen) atoms. The topological polar surface area (TPSA) is 12.9 Å². The molecule has 0 atom stereocenters. The third-order valence-corrected chi connectivity index (χ3v) is 3.13. The standard InChI is InChI=1S/C11H13NS.C2H6/c1-7(2)9-5-10-11(4-8(9)3)13-6-12-10;1-2/h4-7H,1-3H3;1-2H3. The lowest BCUT2D eigenvalue weighted by atomic mass is 9.98. The molecule has 1 aromatic carbocycles. The minimum absolute atomic E-state index is 0.589. The predicted molar refractivity (Wildman–Crippen MR) is 69.8 cm³/mol. The maximum atomic E-state index is 4.32. The first kappa shape index (κ1) is 12.2. The van der Waals surface area contributed by atoms with E-state index in [9.17, 15) is 0 Å². The summed E-state index contributed by atoms with van der Waals surface area (Å²) in [5.74, 6) is 0.589. The van der Waals surface area contributed by atoms with Gasteiger partial charge >= 0.3 is 0 Å². The molecular formula is C13H19NS. The summed E-state index contributed by atoms with van der Waals surface area (Å²) in [5.41, 5.74) is 5.85. The first-order valence-electron chi connectivity index (χ1n) is 5.52. The highest BCUT2D eigenvalue weighted by Crippen LogP contribution is 2.26. The van der Waals surface area contributed by atoms with Gasteiger partial charge < -0.3 is 0 Å². The minimum atomic E-state index is 0.589. The molecule has 1 heterocycles. The molecule has 0 radical (unpaired) electrons. The van der Waals surface area contributed by atoms with Gasteiger partial charge in [-0.3, -0.25) is 0 Å². The maximum absolute atomic E-state index is 4.32. The molecule has 2 rings (SSSR count). The van der Waals surface area contributed by atoms with Gasteiger partial charge in [0.2, 0.25) is 0 Å². The maximum Gasteiger partial charge on any atom is 0.0815 e. The van der Waals surface area contributed by atoms with Crippen LogP contribution in [0.4, 0.5) is 0 Å². The summed E-state index contributed by atoms with van der Waals surface area (Å²) < 4.78 is 1.29. The molecule has 2 heteroatoms. The number of rotatable bonds is 1. The van der Waals surface area contributed by atoms with Crippen molar-refractivity contribution in [2.24, 2.45) is 0 Å². The summed E-state index contributed by atoms with van der Waals surface area (Å²) in [4.78, 5) is 4.32. The number of aryl methyl sites for hydroxylation is 1. The van der Waals surface area contributed by atoms with Crippen LogP contribution in [0.5, 0.6) is 0 Å². The van der Waals surface area contributed by atoms with Crippen molar-refractivity contribution in [2.45, 2.75) is 40.5 Å². The van der Waals surface area contributed by atoms with Crippen molar-refractivity contribution < 1.29 is 0 Å². The molecule has 0 unspecified atom stereocenters. The van der Waals surface area contributed by atoms with Crippen molar-refractivity contribution in [2.75, 3.05) is 0 Å². The van der Waals surface area contributed by atoms with Gasteiger partial charge in [-0.2, -0.15) is 0 Å². The van der Waals surface area contributed by atoms with Crippen LogP contribution in [0.2, 0.25) is 0 Å². The number of fused-ring (bicyclic) bond motifs is 1. The highest BCUT2D eigenvalue weighted by molar-refractivity contribution is 7.16. The Bertz CT molecular complexity index is 429. The summed E-state index contributed by atoms with van der Waals surface area (Å²) in [6.07, 6.45) is 0. The molecule has 0 N–H and O–H groups in total. The molecule has 0 bridgehead atoms. The zero-order valence-corrected chi connectivity index (χ0v) is 11.0. The van der Waals surface area contributed by atoms with E-state index in [0.717, 1.165) is 5.52 Å². The smallest absolute Gasteiger partial charge is 0.0815 e. The van der Waals surface area contributed by atoms with Crippen LogP contribution in [-0.2, 0) is 0 Å². The van der Waals surface area contributed by atoms with Gasteiger partial charge in [-0.25, -0.2) is 4.98 Å². The van der Waals surface area contributed by atoms with Gasteiger partial charge in [0.05, 0.1) is 15.7 Å². The molecule has 0 fully saturated rings. The lowest BCUT2D eigenvalue weighted by Crippen LogP contribution is -1.91. The number of benzene rings is 1. The van der Waals surface area contributed by atoms with Gasteiger partial charge in [0.1, 0.15) is 0 Å². The predicted octanol–water partition coefficient (Wildman–Crippen LogP) is 4.75. The van der Waals surface area contributed by atoms with E-state index in [1.54, 1.807) is 11.3 Å². The Balaban J connectivity index is 0.000000531. The molecule has 1 nitrogen and oxygen atoms in total. The molecule has 1 aromatic heterocycles. The van der Waals surface area contributed by atoms with E-state index in [1.165, 1.54) is 15.8 Å². The van der Waals surface area contributed by atoms with Crippen LogP contribution in [-0.4, -0.2) is 4.98 Å². The second-order valence-electron chi connectivity index (χ2n) is 3.68. The van der Waals surface area contributed by atoms with Crippen LogP contribution < -0.4 is 0 Å². The highest BCUT2D eigenvalue weighted by atomic mass is 32.1. The van der Waals surface area contributed by atoms with Crippen LogP contribution in [0.25, 0.3) is 10.2 Å². The molecule has 0 saturated carbocycles. The molecule has 0 aliphatic heterocycles. The van der Waals surface area contributed by atoms with E-state index >= 15 is 0 Å². The van der Waals surface area contributed by atoms with Gasteiger partial charge in [0.15, 0.2) is 0 Å². The number of nitrogens with zero attached hydrogens (tertiary/aromatic N) is 1. The van der Waals surface area contributed by atoms with E-state index in [0.29, 0.717) is 5.92 Å². The van der Waals surface area contributed by atoms with E-state index in [4.69, 9.17) is 0 Å². The van der Waals surface area contributed by atoms with E-state index in [2.05, 4.69) is 37.9 Å². The fraction of sp³-hybridized carbons (Fsp3) is 0.462. The van der Waals surface area contributed by atoms with Crippen molar-refractivity contribution in [1.29, 1.82) is 0 Å². The lowest BCUT2D eigenvalue weighted by Gasteiger charge is -2.08. The van der Waals surface area contributed by atoms with Gasteiger partial charge in [0.25, 0.3) is 0 Å². The first-order chi connectivity index (χ1) is 7.18. The second kappa shape index (κ2) is 5.26. The van der Waals surface area contributed by atoms with Crippen LogP contribution in [0, 0.1) is 6.92 Å². The Hall–Kier alpha value is -0.890. The van der Waals surface area contributed by atoms with Gasteiger partial charge in [-0.15, -0.1) is 11.3 Å². The Morgan fingerprint density at radius 2 is 1.87 bits per heavy atom. The summed E-state index contributed by atoms with van der Waals surface area (Å²) in [5, 5.41) is 0. The first-order valence-corrected chi connectivity index (χ1v) is 6.40. The van der Waals surface area contributed by atoms with E-state index in [-0.39, 0.29) is 0 Å². The van der Waals surface area contributed by atoms with Crippen molar-refractivity contribution in [3.8, 4) is 0 Å². The molecule has 0 saturated heterocycles. The zero-order chi connectivity index (χ0) is 11.4. The molecular weight excluding hydrogens is 202 g/mol. The van der Waals surface area contributed by atoms with Crippen LogP contribution in [0.3, 0.4) is 0 Å². The van der Waals surface area contributed by atoms with Crippen LogP contribution in [0.1, 0.15) is 44.7 Å². The fourth-order valence-electron chi connectivity index (χ4n) is 1.64. The third kappa shape index (κ3) is 2.57. The van der Waals surface area contributed by atoms with Crippen molar-refractivity contribution in [3.05, 3.63) is 28.8 Å². The molecule has 2 aromatic rings. The van der Waals surface area contributed by atoms with E-state index < -0.39 is 0 Å². The van der Waals surface area contributed by atoms with Gasteiger partial charge in [0, 0.05) is 0 Å². The largest absolute Gasteiger partial charge is 0.245 e. The zero-order valence-electron chi connectivity index (χ0n) is 10.2. The van der Waals surface area contributed by atoms with Crippen molar-refractivity contribution >= 4 is 21.6 Å². The quantitative estimate of drug-likeness (QED) is 0.677. The molecule has 0 aliphatic carbocycles. The van der Waals surface area contributed by atoms with Gasteiger partial charge in [-0.05, 0) is 36.1 Å². The number of thiazole rings is 1. The normalized spacial score (nSPS) is 10.3. The Morgan fingerprint density at radius 1 is 1.20 bits per heavy atom. The third-order valence-electron chi connectivity index (χ3n) is 2.34. The Kier molecular flexibility index (Phi) is 4.28. The number of aromatic nitrogens is 1. The molecule has 0 amide bonds. The summed E-state index contributed by atoms with van der Waals surface area (Å²) in [6, 6.07) is 4.45. The SMILES string of the molecule is CC.Cc1cc2scnc2cc1C(C)C. The molecule has 0 aliphatic rings. The highest BCUT2D eigenvalue weighted by Gasteiger charge is 2.06. The summed E-state index contributed by atoms with van der Waals surface area (Å²) in [6.45, 7) is 10.6. The van der Waals surface area contributed by atoms with Gasteiger partial charge in [-0.1, -0.05) is 27.7 Å². The van der Waals surface area contributed by atoms with Crippen molar-refractivity contribution in [1.82, 2.24) is 4.98 Å².